The third-order valence-corrected chi connectivity index (χ3v) is 8.05. The van der Waals surface area contributed by atoms with Crippen LogP contribution in [0.1, 0.15) is 0 Å². The zero-order chi connectivity index (χ0) is 29.0. The van der Waals surface area contributed by atoms with Gasteiger partial charge in [0.25, 0.3) is 0 Å². The molecule has 0 aliphatic heterocycles. The highest BCUT2D eigenvalue weighted by Crippen LogP contribution is 2.37. The molecule has 6 aromatic carbocycles. The fourth-order valence-electron chi connectivity index (χ4n) is 6.04. The maximum Gasteiger partial charge on any atom is 0.307 e. The smallest absolute Gasteiger partial charge is 0.307 e. The van der Waals surface area contributed by atoms with Crippen LogP contribution in [-0.4, -0.2) is 14.5 Å². The van der Waals surface area contributed by atoms with Gasteiger partial charge < -0.3 is 13.4 Å². The number of oxazole rings is 2. The van der Waals surface area contributed by atoms with E-state index in [1.807, 2.05) is 89.8 Å². The molecule has 0 unspecified atom stereocenters. The Bertz CT molecular complexity index is 2360. The summed E-state index contributed by atoms with van der Waals surface area (Å²) in [6, 6.07) is 49.7. The third-order valence-electron chi connectivity index (χ3n) is 8.05. The lowest BCUT2D eigenvalue weighted by molar-refractivity contribution is 0.608. The van der Waals surface area contributed by atoms with E-state index in [0.717, 1.165) is 50.3 Å². The Labute approximate surface area is 252 Å². The second kappa shape index (κ2) is 9.71. The number of hydrogen-bond acceptors (Lipinski definition) is 5. The minimum atomic E-state index is 0.489. The minimum Gasteiger partial charge on any atom is -0.436 e. The number of para-hydroxylation sites is 4. The summed E-state index contributed by atoms with van der Waals surface area (Å²) in [5.41, 5.74) is 9.01. The summed E-state index contributed by atoms with van der Waals surface area (Å²) in [6.45, 7) is 0. The van der Waals surface area contributed by atoms with Gasteiger partial charge in [0.2, 0.25) is 5.89 Å². The van der Waals surface area contributed by atoms with Crippen LogP contribution in [0.5, 0.6) is 0 Å². The molecule has 0 amide bonds. The molecule has 0 spiro atoms. The number of nitrogens with zero attached hydrogens (tertiary/aromatic N) is 4. The van der Waals surface area contributed by atoms with E-state index in [9.17, 15) is 0 Å². The zero-order valence-corrected chi connectivity index (χ0v) is 23.5. The van der Waals surface area contributed by atoms with Gasteiger partial charge in [-0.15, -0.1) is 0 Å². The van der Waals surface area contributed by atoms with Crippen molar-refractivity contribution in [3.05, 3.63) is 146 Å². The van der Waals surface area contributed by atoms with E-state index >= 15 is 0 Å². The Morgan fingerprint density at radius 1 is 0.500 bits per heavy atom. The summed E-state index contributed by atoms with van der Waals surface area (Å²) in [5, 5.41) is 2.44. The van der Waals surface area contributed by atoms with Crippen LogP contribution in [0.25, 0.3) is 61.1 Å². The van der Waals surface area contributed by atoms with Gasteiger partial charge in [0, 0.05) is 22.4 Å². The van der Waals surface area contributed by atoms with E-state index in [1.54, 1.807) is 0 Å². The molecule has 208 valence electrons. The average Bonchev–Trinajstić information content (AvgIpc) is 3.79. The van der Waals surface area contributed by atoms with Gasteiger partial charge in [0.15, 0.2) is 11.2 Å². The quantitative estimate of drug-likeness (QED) is 0.207. The number of aromatic nitrogens is 3. The molecule has 44 heavy (non-hydrogen) atoms. The molecule has 0 radical (unpaired) electrons. The first-order valence-electron chi connectivity index (χ1n) is 14.5. The summed E-state index contributed by atoms with van der Waals surface area (Å²) in [5.74, 6) is 0.536. The van der Waals surface area contributed by atoms with E-state index in [4.69, 9.17) is 18.8 Å². The lowest BCUT2D eigenvalue weighted by atomic mass is 10.2. The second-order valence-electron chi connectivity index (χ2n) is 10.7. The highest BCUT2D eigenvalue weighted by Gasteiger charge is 2.20. The number of anilines is 3. The topological polar surface area (TPSA) is 60.2 Å². The van der Waals surface area contributed by atoms with Crippen molar-refractivity contribution < 1.29 is 8.83 Å². The van der Waals surface area contributed by atoms with Gasteiger partial charge in [0.05, 0.1) is 28.1 Å². The van der Waals surface area contributed by atoms with E-state index < -0.39 is 0 Å². The number of rotatable bonds is 5. The molecule has 0 saturated heterocycles. The summed E-state index contributed by atoms with van der Waals surface area (Å²) < 4.78 is 14.9. The second-order valence-corrected chi connectivity index (χ2v) is 10.7. The van der Waals surface area contributed by atoms with Crippen molar-refractivity contribution >= 4 is 61.4 Å². The summed E-state index contributed by atoms with van der Waals surface area (Å²) in [4.78, 5) is 11.7. The van der Waals surface area contributed by atoms with Crippen LogP contribution < -0.4 is 4.90 Å². The molecule has 0 aliphatic carbocycles. The molecule has 3 aromatic heterocycles. The molecule has 6 heteroatoms. The van der Waals surface area contributed by atoms with Crippen LogP contribution in [0, 0.1) is 0 Å². The number of fused-ring (bicyclic) bond motifs is 5. The Morgan fingerprint density at radius 2 is 1.14 bits per heavy atom. The third kappa shape index (κ3) is 3.89. The van der Waals surface area contributed by atoms with Crippen molar-refractivity contribution in [2.24, 2.45) is 0 Å². The van der Waals surface area contributed by atoms with Gasteiger partial charge in [-0.25, -0.2) is 4.98 Å². The van der Waals surface area contributed by atoms with Gasteiger partial charge in [-0.05, 0) is 66.7 Å². The van der Waals surface area contributed by atoms with E-state index in [-0.39, 0.29) is 0 Å². The van der Waals surface area contributed by atoms with Gasteiger partial charge in [0.1, 0.15) is 11.0 Å². The van der Waals surface area contributed by atoms with E-state index in [1.165, 1.54) is 10.8 Å². The largest absolute Gasteiger partial charge is 0.436 e. The molecular formula is C38H24N4O2. The van der Waals surface area contributed by atoms with Crippen molar-refractivity contribution in [1.29, 1.82) is 0 Å². The Balaban J connectivity index is 1.12. The average molecular weight is 569 g/mol. The van der Waals surface area contributed by atoms with Gasteiger partial charge >= 0.3 is 6.01 Å². The fraction of sp³-hybridized carbons (Fsp3) is 0. The van der Waals surface area contributed by atoms with Crippen LogP contribution in [0.2, 0.25) is 0 Å². The lowest BCUT2D eigenvalue weighted by Gasteiger charge is -2.20. The van der Waals surface area contributed by atoms with Gasteiger partial charge in [-0.1, -0.05) is 72.8 Å². The molecule has 0 saturated carbocycles. The molecule has 0 fully saturated rings. The summed E-state index contributed by atoms with van der Waals surface area (Å²) in [6.07, 6.45) is 0. The molecule has 0 N–H and O–H groups in total. The number of hydrogen-bond donors (Lipinski definition) is 0. The predicted molar refractivity (Wildman–Crippen MR) is 176 cm³/mol. The Kier molecular flexibility index (Phi) is 5.40. The van der Waals surface area contributed by atoms with Crippen molar-refractivity contribution in [2.75, 3.05) is 4.90 Å². The molecule has 3 heterocycles. The van der Waals surface area contributed by atoms with Crippen molar-refractivity contribution in [3.8, 4) is 17.1 Å². The highest BCUT2D eigenvalue weighted by atomic mass is 16.4. The Morgan fingerprint density at radius 3 is 1.82 bits per heavy atom. The van der Waals surface area contributed by atoms with Crippen LogP contribution in [0.4, 0.5) is 17.4 Å². The SMILES string of the molecule is c1ccc(N(c2ccccc2)c2nc3cc(-c4nc5ccc(-n6c7ccccc7c7ccccc76)cc5o4)ccc3o2)cc1. The molecule has 9 rings (SSSR count). The van der Waals surface area contributed by atoms with Crippen molar-refractivity contribution in [3.63, 3.8) is 0 Å². The summed E-state index contributed by atoms with van der Waals surface area (Å²) in [7, 11) is 0. The zero-order valence-electron chi connectivity index (χ0n) is 23.5. The molecular weight excluding hydrogens is 544 g/mol. The predicted octanol–water partition coefficient (Wildman–Crippen LogP) is 10.2. The van der Waals surface area contributed by atoms with Crippen LogP contribution in [0.15, 0.2) is 154 Å². The van der Waals surface area contributed by atoms with E-state index in [2.05, 4.69) is 65.2 Å². The normalized spacial score (nSPS) is 11.6. The molecule has 0 bridgehead atoms. The molecule has 0 aliphatic rings. The Hall–Kier alpha value is -6.14. The van der Waals surface area contributed by atoms with Gasteiger partial charge in [-0.3, -0.25) is 4.90 Å². The first kappa shape index (κ1) is 24.5. The van der Waals surface area contributed by atoms with Crippen molar-refractivity contribution in [1.82, 2.24) is 14.5 Å². The summed E-state index contributed by atoms with van der Waals surface area (Å²) >= 11 is 0. The number of benzene rings is 6. The maximum atomic E-state index is 6.37. The van der Waals surface area contributed by atoms with Crippen LogP contribution >= 0.6 is 0 Å². The van der Waals surface area contributed by atoms with Crippen LogP contribution in [0.3, 0.4) is 0 Å². The molecule has 0 atom stereocenters. The molecule has 6 nitrogen and oxygen atoms in total. The maximum absolute atomic E-state index is 6.37. The first-order valence-corrected chi connectivity index (χ1v) is 14.5. The molecule has 9 aromatic rings. The minimum absolute atomic E-state index is 0.489. The lowest BCUT2D eigenvalue weighted by Crippen LogP contribution is -2.09. The fourth-order valence-corrected chi connectivity index (χ4v) is 6.04. The first-order chi connectivity index (χ1) is 21.8. The van der Waals surface area contributed by atoms with Gasteiger partial charge in [-0.2, -0.15) is 4.98 Å². The monoisotopic (exact) mass is 568 g/mol. The standard InChI is InChI=1S/C38H24N4O2/c1-3-11-26(12-4-1)41(27-13-5-2-6-14-27)38-40-32-23-25(19-22-35(32)44-38)37-39-31-21-20-28(24-36(31)43-37)42-33-17-9-7-15-29(33)30-16-8-10-18-34(30)42/h1-24H. The van der Waals surface area contributed by atoms with Crippen molar-refractivity contribution in [2.45, 2.75) is 0 Å². The highest BCUT2D eigenvalue weighted by molar-refractivity contribution is 6.09. The van der Waals surface area contributed by atoms with Crippen LogP contribution in [-0.2, 0) is 0 Å². The van der Waals surface area contributed by atoms with E-state index in [0.29, 0.717) is 17.5 Å².